The van der Waals surface area contributed by atoms with Crippen LogP contribution in [0.5, 0.6) is 0 Å². The van der Waals surface area contributed by atoms with Crippen LogP contribution in [-0.4, -0.2) is 24.0 Å². The van der Waals surface area contributed by atoms with Crippen molar-refractivity contribution in [3.8, 4) is 0 Å². The lowest BCUT2D eigenvalue weighted by molar-refractivity contribution is -0.0271. The van der Waals surface area contributed by atoms with E-state index in [4.69, 9.17) is 16.4 Å². The number of rotatable bonds is 5. The first-order chi connectivity index (χ1) is 11.5. The Morgan fingerprint density at radius 1 is 1.17 bits per heavy atom. The quantitative estimate of drug-likeness (QED) is 0.434. The van der Waals surface area contributed by atoms with Gasteiger partial charge in [-0.1, -0.05) is 39.7 Å². The number of hydroxylamine groups is 2. The highest BCUT2D eigenvalue weighted by Crippen LogP contribution is 2.20. The molecule has 0 fully saturated rings. The second-order valence-corrected chi connectivity index (χ2v) is 6.04. The van der Waals surface area contributed by atoms with Crippen LogP contribution in [0.3, 0.4) is 0 Å². The molecule has 24 heavy (non-hydrogen) atoms. The zero-order valence-electron chi connectivity index (χ0n) is 12.7. The van der Waals surface area contributed by atoms with E-state index < -0.39 is 6.09 Å². The molecule has 0 saturated carbocycles. The van der Waals surface area contributed by atoms with Crippen molar-refractivity contribution in [3.05, 3.63) is 75.9 Å². The van der Waals surface area contributed by atoms with Crippen molar-refractivity contribution in [2.75, 3.05) is 12.4 Å². The van der Waals surface area contributed by atoms with Gasteiger partial charge in [-0.15, -0.1) is 0 Å². The summed E-state index contributed by atoms with van der Waals surface area (Å²) in [6.07, 6.45) is 1.95. The standard InChI is InChI=1S/C17H14BrClN2O3/c1-21(11-10-16(22)12-6-8-13(18)9-7-12)24-17(23)20-15-5-3-2-4-14(15)19/h2-11H,1H3,(H,20,23). The van der Waals surface area contributed by atoms with Gasteiger partial charge in [0.25, 0.3) is 0 Å². The number of amides is 1. The third kappa shape index (κ3) is 5.40. The molecule has 1 amide bonds. The zero-order chi connectivity index (χ0) is 17.5. The van der Waals surface area contributed by atoms with Crippen LogP contribution in [0.4, 0.5) is 10.5 Å². The van der Waals surface area contributed by atoms with Crippen molar-refractivity contribution in [1.82, 2.24) is 5.06 Å². The molecule has 0 unspecified atom stereocenters. The first kappa shape index (κ1) is 18.0. The molecule has 0 aliphatic rings. The number of nitrogens with zero attached hydrogens (tertiary/aromatic N) is 1. The molecule has 0 aliphatic heterocycles. The van der Waals surface area contributed by atoms with Gasteiger partial charge in [0.1, 0.15) is 0 Å². The first-order valence-electron chi connectivity index (χ1n) is 6.90. The van der Waals surface area contributed by atoms with E-state index >= 15 is 0 Å². The summed E-state index contributed by atoms with van der Waals surface area (Å²) in [5.74, 6) is -0.204. The molecular weight excluding hydrogens is 396 g/mol. The maximum atomic E-state index is 12.0. The Labute approximate surface area is 152 Å². The van der Waals surface area contributed by atoms with Crippen molar-refractivity contribution >= 4 is 45.1 Å². The van der Waals surface area contributed by atoms with E-state index in [1.165, 1.54) is 19.3 Å². The van der Waals surface area contributed by atoms with Crippen LogP contribution in [0.2, 0.25) is 5.02 Å². The van der Waals surface area contributed by atoms with Crippen molar-refractivity contribution in [3.63, 3.8) is 0 Å². The van der Waals surface area contributed by atoms with E-state index in [0.29, 0.717) is 16.3 Å². The van der Waals surface area contributed by atoms with Crippen molar-refractivity contribution < 1.29 is 14.4 Å². The second-order valence-electron chi connectivity index (χ2n) is 4.72. The van der Waals surface area contributed by atoms with Gasteiger partial charge >= 0.3 is 6.09 Å². The molecule has 0 saturated heterocycles. The Kier molecular flexibility index (Phi) is 6.40. The number of halogens is 2. The summed E-state index contributed by atoms with van der Waals surface area (Å²) in [7, 11) is 1.50. The van der Waals surface area contributed by atoms with E-state index in [1.54, 1.807) is 48.5 Å². The minimum atomic E-state index is -0.716. The van der Waals surface area contributed by atoms with Gasteiger partial charge in [0, 0.05) is 29.4 Å². The zero-order valence-corrected chi connectivity index (χ0v) is 15.0. The molecule has 0 aromatic heterocycles. The number of anilines is 1. The summed E-state index contributed by atoms with van der Waals surface area (Å²) in [6, 6.07) is 13.7. The Balaban J connectivity index is 1.89. The summed E-state index contributed by atoms with van der Waals surface area (Å²) >= 11 is 9.25. The second kappa shape index (κ2) is 8.52. The molecule has 2 aromatic rings. The summed E-state index contributed by atoms with van der Waals surface area (Å²) in [5, 5.41) is 4.04. The fraction of sp³-hybridized carbons (Fsp3) is 0.0588. The largest absolute Gasteiger partial charge is 0.436 e. The fourth-order valence-electron chi connectivity index (χ4n) is 1.74. The molecule has 5 nitrogen and oxygen atoms in total. The molecule has 1 N–H and O–H groups in total. The Morgan fingerprint density at radius 2 is 1.83 bits per heavy atom. The molecule has 0 atom stereocenters. The van der Waals surface area contributed by atoms with Gasteiger partial charge in [0.05, 0.1) is 10.7 Å². The van der Waals surface area contributed by atoms with Crippen LogP contribution in [0.1, 0.15) is 10.4 Å². The fourth-order valence-corrected chi connectivity index (χ4v) is 2.19. The minimum absolute atomic E-state index is 0.204. The number of nitrogens with one attached hydrogen (secondary N) is 1. The molecule has 0 aliphatic carbocycles. The molecule has 7 heteroatoms. The summed E-state index contributed by atoms with van der Waals surface area (Å²) in [6.45, 7) is 0. The highest BCUT2D eigenvalue weighted by molar-refractivity contribution is 9.10. The lowest BCUT2D eigenvalue weighted by atomic mass is 10.1. The van der Waals surface area contributed by atoms with Crippen LogP contribution in [-0.2, 0) is 4.84 Å². The number of para-hydroxylation sites is 1. The normalized spacial score (nSPS) is 10.5. The van der Waals surface area contributed by atoms with Gasteiger partial charge in [0.2, 0.25) is 0 Å². The van der Waals surface area contributed by atoms with Gasteiger partial charge in [-0.05, 0) is 36.4 Å². The van der Waals surface area contributed by atoms with E-state index in [2.05, 4.69) is 21.2 Å². The highest BCUT2D eigenvalue weighted by Gasteiger charge is 2.08. The Hall–Kier alpha value is -2.31. The molecular formula is C17H14BrClN2O3. The molecule has 2 rings (SSSR count). The van der Waals surface area contributed by atoms with Gasteiger partial charge in [-0.3, -0.25) is 10.1 Å². The maximum absolute atomic E-state index is 12.0. The third-order valence-electron chi connectivity index (χ3n) is 2.90. The third-order valence-corrected chi connectivity index (χ3v) is 3.76. The SMILES string of the molecule is CN(C=CC(=O)c1ccc(Br)cc1)OC(=O)Nc1ccccc1Cl. The number of benzene rings is 2. The van der Waals surface area contributed by atoms with E-state index in [1.807, 2.05) is 0 Å². The van der Waals surface area contributed by atoms with Gasteiger partial charge in [-0.2, -0.15) is 0 Å². The monoisotopic (exact) mass is 408 g/mol. The minimum Gasteiger partial charge on any atom is -0.322 e. The number of hydrogen-bond donors (Lipinski definition) is 1. The van der Waals surface area contributed by atoms with E-state index in [-0.39, 0.29) is 5.78 Å². The van der Waals surface area contributed by atoms with Crippen LogP contribution >= 0.6 is 27.5 Å². The smallest absolute Gasteiger partial charge is 0.322 e. The molecule has 0 radical (unpaired) electrons. The average Bonchev–Trinajstić information content (AvgIpc) is 2.55. The van der Waals surface area contributed by atoms with Crippen LogP contribution < -0.4 is 5.32 Å². The number of allylic oxidation sites excluding steroid dienone is 1. The summed E-state index contributed by atoms with van der Waals surface area (Å²) in [4.78, 5) is 28.7. The number of ketones is 1. The Morgan fingerprint density at radius 3 is 2.50 bits per heavy atom. The van der Waals surface area contributed by atoms with E-state index in [9.17, 15) is 9.59 Å². The number of carbonyl (C=O) groups is 2. The van der Waals surface area contributed by atoms with Crippen molar-refractivity contribution in [2.45, 2.75) is 0 Å². The van der Waals surface area contributed by atoms with Gasteiger partial charge in [-0.25, -0.2) is 9.86 Å². The number of hydrogen-bond acceptors (Lipinski definition) is 4. The van der Waals surface area contributed by atoms with Crippen molar-refractivity contribution in [1.29, 1.82) is 0 Å². The molecule has 0 bridgehead atoms. The lowest BCUT2D eigenvalue weighted by Crippen LogP contribution is -2.22. The molecule has 0 spiro atoms. The number of carbonyl (C=O) groups excluding carboxylic acids is 2. The van der Waals surface area contributed by atoms with Crippen LogP contribution in [0.25, 0.3) is 0 Å². The van der Waals surface area contributed by atoms with Crippen LogP contribution in [0, 0.1) is 0 Å². The summed E-state index contributed by atoms with van der Waals surface area (Å²) < 4.78 is 0.889. The Bertz CT molecular complexity index is 763. The molecule has 2 aromatic carbocycles. The van der Waals surface area contributed by atoms with E-state index in [0.717, 1.165) is 9.54 Å². The average molecular weight is 410 g/mol. The topological polar surface area (TPSA) is 58.6 Å². The lowest BCUT2D eigenvalue weighted by Gasteiger charge is -2.14. The van der Waals surface area contributed by atoms with Crippen molar-refractivity contribution in [2.24, 2.45) is 0 Å². The van der Waals surface area contributed by atoms with Gasteiger partial charge in [0.15, 0.2) is 5.78 Å². The predicted molar refractivity (Wildman–Crippen MR) is 96.9 cm³/mol. The van der Waals surface area contributed by atoms with Crippen LogP contribution in [0.15, 0.2) is 65.3 Å². The highest BCUT2D eigenvalue weighted by atomic mass is 79.9. The molecule has 124 valence electrons. The maximum Gasteiger partial charge on any atom is 0.436 e. The van der Waals surface area contributed by atoms with Gasteiger partial charge < -0.3 is 4.84 Å². The predicted octanol–water partition coefficient (Wildman–Crippen LogP) is 4.89. The summed E-state index contributed by atoms with van der Waals surface area (Å²) in [5.41, 5.74) is 0.968. The molecule has 0 heterocycles. The first-order valence-corrected chi connectivity index (χ1v) is 8.07.